The van der Waals surface area contributed by atoms with E-state index in [9.17, 15) is 5.11 Å². The molecule has 19 heavy (non-hydrogen) atoms. The van der Waals surface area contributed by atoms with E-state index in [1.54, 1.807) is 6.07 Å². The highest BCUT2D eigenvalue weighted by atomic mass is 16.5. The third-order valence-electron chi connectivity index (χ3n) is 2.97. The molecule has 0 saturated carbocycles. The molecule has 0 bridgehead atoms. The van der Waals surface area contributed by atoms with Crippen LogP contribution in [-0.4, -0.2) is 5.11 Å². The van der Waals surface area contributed by atoms with Gasteiger partial charge in [0.1, 0.15) is 12.4 Å². The molecule has 0 aliphatic rings. The van der Waals surface area contributed by atoms with E-state index in [4.69, 9.17) is 10.00 Å². The lowest BCUT2D eigenvalue weighted by Gasteiger charge is -2.13. The Morgan fingerprint density at radius 2 is 1.84 bits per heavy atom. The summed E-state index contributed by atoms with van der Waals surface area (Å²) >= 11 is 0. The molecular formula is C16H15NO2. The molecule has 0 heterocycles. The first kappa shape index (κ1) is 13.1. The Bertz CT molecular complexity index is 614. The first-order valence-electron chi connectivity index (χ1n) is 6.06. The number of aliphatic hydroxyl groups is 1. The summed E-state index contributed by atoms with van der Waals surface area (Å²) in [5.74, 6) is 0.692. The van der Waals surface area contributed by atoms with Crippen LogP contribution in [-0.2, 0) is 13.2 Å². The molecule has 2 rings (SSSR count). The van der Waals surface area contributed by atoms with Crippen LogP contribution in [0.2, 0.25) is 0 Å². The number of hydrogen-bond acceptors (Lipinski definition) is 3. The van der Waals surface area contributed by atoms with Gasteiger partial charge in [0.2, 0.25) is 0 Å². The van der Waals surface area contributed by atoms with Gasteiger partial charge >= 0.3 is 0 Å². The largest absolute Gasteiger partial charge is 0.488 e. The summed E-state index contributed by atoms with van der Waals surface area (Å²) in [6.07, 6.45) is 0. The fourth-order valence-corrected chi connectivity index (χ4v) is 1.95. The van der Waals surface area contributed by atoms with Gasteiger partial charge in [-0.15, -0.1) is 0 Å². The number of benzene rings is 2. The summed E-state index contributed by atoms with van der Waals surface area (Å²) in [6, 6.07) is 15.1. The zero-order valence-corrected chi connectivity index (χ0v) is 10.8. The minimum Gasteiger partial charge on any atom is -0.488 e. The molecule has 0 atom stereocenters. The minimum atomic E-state index is -0.0586. The Morgan fingerprint density at radius 3 is 2.58 bits per heavy atom. The highest BCUT2D eigenvalue weighted by Gasteiger charge is 2.08. The predicted molar refractivity (Wildman–Crippen MR) is 72.6 cm³/mol. The molecule has 0 aromatic heterocycles. The van der Waals surface area contributed by atoms with Gasteiger partial charge in [0, 0.05) is 11.1 Å². The van der Waals surface area contributed by atoms with E-state index in [1.807, 2.05) is 43.3 Å². The zero-order chi connectivity index (χ0) is 13.7. The van der Waals surface area contributed by atoms with Gasteiger partial charge in [0.05, 0.1) is 18.2 Å². The summed E-state index contributed by atoms with van der Waals surface area (Å²) in [4.78, 5) is 0. The molecule has 1 N–H and O–H groups in total. The van der Waals surface area contributed by atoms with Gasteiger partial charge in [-0.1, -0.05) is 36.4 Å². The molecule has 0 aliphatic carbocycles. The number of para-hydroxylation sites is 1. The quantitative estimate of drug-likeness (QED) is 0.911. The van der Waals surface area contributed by atoms with Gasteiger partial charge in [0.25, 0.3) is 0 Å². The molecule has 96 valence electrons. The molecule has 2 aromatic rings. The van der Waals surface area contributed by atoms with Gasteiger partial charge in [-0.2, -0.15) is 5.26 Å². The van der Waals surface area contributed by atoms with Gasteiger partial charge in [-0.05, 0) is 18.6 Å². The lowest BCUT2D eigenvalue weighted by atomic mass is 10.1. The molecule has 0 spiro atoms. The SMILES string of the molecule is Cc1cccc(CO)c1OCc1ccccc1C#N. The van der Waals surface area contributed by atoms with Crippen LogP contribution in [0.3, 0.4) is 0 Å². The molecule has 0 unspecified atom stereocenters. The first-order chi connectivity index (χ1) is 9.26. The van der Waals surface area contributed by atoms with Crippen LogP contribution in [0.15, 0.2) is 42.5 Å². The van der Waals surface area contributed by atoms with Crippen LogP contribution >= 0.6 is 0 Å². The predicted octanol–water partition coefficient (Wildman–Crippen LogP) is 2.94. The standard InChI is InChI=1S/C16H15NO2/c1-12-5-4-8-14(10-18)16(12)19-11-15-7-3-2-6-13(15)9-17/h2-8,18H,10-11H2,1H3. The Morgan fingerprint density at radius 1 is 1.11 bits per heavy atom. The Kier molecular flexibility index (Phi) is 4.17. The van der Waals surface area contributed by atoms with E-state index < -0.39 is 0 Å². The fourth-order valence-electron chi connectivity index (χ4n) is 1.95. The maximum absolute atomic E-state index is 9.31. The fraction of sp³-hybridized carbons (Fsp3) is 0.188. The number of ether oxygens (including phenoxy) is 1. The van der Waals surface area contributed by atoms with Crippen LogP contribution in [0.5, 0.6) is 5.75 Å². The summed E-state index contributed by atoms with van der Waals surface area (Å²) in [7, 11) is 0. The highest BCUT2D eigenvalue weighted by molar-refractivity contribution is 5.41. The maximum atomic E-state index is 9.31. The maximum Gasteiger partial charge on any atom is 0.128 e. The van der Waals surface area contributed by atoms with Gasteiger partial charge < -0.3 is 9.84 Å². The van der Waals surface area contributed by atoms with Crippen molar-refractivity contribution in [2.24, 2.45) is 0 Å². The van der Waals surface area contributed by atoms with Gasteiger partial charge in [-0.25, -0.2) is 0 Å². The number of nitriles is 1. The molecule has 0 radical (unpaired) electrons. The molecular weight excluding hydrogens is 238 g/mol. The summed E-state index contributed by atoms with van der Waals surface area (Å²) in [5, 5.41) is 18.3. The lowest BCUT2D eigenvalue weighted by molar-refractivity contribution is 0.258. The molecule has 0 amide bonds. The topological polar surface area (TPSA) is 53.2 Å². The van der Waals surface area contributed by atoms with Crippen molar-refractivity contribution in [2.75, 3.05) is 0 Å². The second kappa shape index (κ2) is 6.03. The number of rotatable bonds is 4. The van der Waals surface area contributed by atoms with Crippen LogP contribution in [0.4, 0.5) is 0 Å². The van der Waals surface area contributed by atoms with Crippen LogP contribution < -0.4 is 4.74 Å². The number of aliphatic hydroxyl groups excluding tert-OH is 1. The molecule has 2 aromatic carbocycles. The lowest BCUT2D eigenvalue weighted by Crippen LogP contribution is -2.02. The van der Waals surface area contributed by atoms with Gasteiger partial charge in [-0.3, -0.25) is 0 Å². The average molecular weight is 253 g/mol. The zero-order valence-electron chi connectivity index (χ0n) is 10.8. The van der Waals surface area contributed by atoms with Crippen molar-refractivity contribution >= 4 is 0 Å². The molecule has 0 saturated heterocycles. The van der Waals surface area contributed by atoms with Gasteiger partial charge in [0.15, 0.2) is 0 Å². The summed E-state index contributed by atoms with van der Waals surface area (Å²) in [6.45, 7) is 2.20. The van der Waals surface area contributed by atoms with E-state index in [0.29, 0.717) is 17.9 Å². The number of aryl methyl sites for hydroxylation is 1. The van der Waals surface area contributed by atoms with Crippen molar-refractivity contribution in [3.63, 3.8) is 0 Å². The number of hydrogen-bond donors (Lipinski definition) is 1. The van der Waals surface area contributed by atoms with E-state index in [2.05, 4.69) is 6.07 Å². The minimum absolute atomic E-state index is 0.0586. The normalized spacial score (nSPS) is 9.95. The second-order valence-corrected chi connectivity index (χ2v) is 4.28. The van der Waals surface area contributed by atoms with Crippen LogP contribution in [0.25, 0.3) is 0 Å². The van der Waals surface area contributed by atoms with E-state index in [1.165, 1.54) is 0 Å². The van der Waals surface area contributed by atoms with Crippen molar-refractivity contribution in [2.45, 2.75) is 20.1 Å². The molecule has 3 heteroatoms. The van der Waals surface area contributed by atoms with Crippen molar-refractivity contribution in [3.8, 4) is 11.8 Å². The van der Waals surface area contributed by atoms with Crippen molar-refractivity contribution < 1.29 is 9.84 Å². The Balaban J connectivity index is 2.22. The Labute approximate surface area is 112 Å². The third kappa shape index (κ3) is 2.93. The first-order valence-corrected chi connectivity index (χ1v) is 6.06. The van der Waals surface area contributed by atoms with E-state index in [0.717, 1.165) is 16.7 Å². The van der Waals surface area contributed by atoms with Crippen molar-refractivity contribution in [1.29, 1.82) is 5.26 Å². The monoisotopic (exact) mass is 253 g/mol. The molecule has 0 fully saturated rings. The number of nitrogens with zero attached hydrogens (tertiary/aromatic N) is 1. The second-order valence-electron chi connectivity index (χ2n) is 4.28. The third-order valence-corrected chi connectivity index (χ3v) is 2.97. The Hall–Kier alpha value is -2.31. The molecule has 0 aliphatic heterocycles. The van der Waals surface area contributed by atoms with Crippen LogP contribution in [0.1, 0.15) is 22.3 Å². The smallest absolute Gasteiger partial charge is 0.128 e. The summed E-state index contributed by atoms with van der Waals surface area (Å²) in [5.41, 5.74) is 3.19. The average Bonchev–Trinajstić information content (AvgIpc) is 2.46. The van der Waals surface area contributed by atoms with E-state index in [-0.39, 0.29) is 6.61 Å². The summed E-state index contributed by atoms with van der Waals surface area (Å²) < 4.78 is 5.78. The van der Waals surface area contributed by atoms with Crippen molar-refractivity contribution in [1.82, 2.24) is 0 Å². The van der Waals surface area contributed by atoms with Crippen LogP contribution in [0, 0.1) is 18.3 Å². The van der Waals surface area contributed by atoms with E-state index >= 15 is 0 Å². The van der Waals surface area contributed by atoms with Crippen molar-refractivity contribution in [3.05, 3.63) is 64.7 Å². The highest BCUT2D eigenvalue weighted by Crippen LogP contribution is 2.24. The molecule has 3 nitrogen and oxygen atoms in total.